The monoisotopic (exact) mass is 405 g/mol. The average Bonchev–Trinajstić information content (AvgIpc) is 3.15. The number of piperazine rings is 1. The third-order valence-electron chi connectivity index (χ3n) is 5.22. The molecule has 8 nitrogen and oxygen atoms in total. The van der Waals surface area contributed by atoms with E-state index >= 15 is 0 Å². The van der Waals surface area contributed by atoms with Gasteiger partial charge in [0.15, 0.2) is 0 Å². The highest BCUT2D eigenvalue weighted by atomic mass is 16.4. The maximum atomic E-state index is 12.6. The molecule has 0 bridgehead atoms. The standard InChI is InChI=1S/C22H23N5O3/c1-26-7-9-27(10-8-26)22(30)25-17-12-18-16(13-23-20(18)24-14-17)11-19(21(28)29)15-5-3-2-4-6-15/h2-6,11-14H,7-10H2,1H3,(H,23,24)(H,25,30)(H,28,29)/b19-11+. The zero-order valence-electron chi connectivity index (χ0n) is 16.6. The van der Waals surface area contributed by atoms with Gasteiger partial charge in [-0.25, -0.2) is 14.6 Å². The Hall–Kier alpha value is -3.65. The van der Waals surface area contributed by atoms with Gasteiger partial charge in [-0.1, -0.05) is 30.3 Å². The van der Waals surface area contributed by atoms with Gasteiger partial charge in [0.05, 0.1) is 17.5 Å². The van der Waals surface area contributed by atoms with Gasteiger partial charge < -0.3 is 25.2 Å². The second-order valence-electron chi connectivity index (χ2n) is 7.31. The van der Waals surface area contributed by atoms with E-state index < -0.39 is 5.97 Å². The molecule has 0 saturated carbocycles. The van der Waals surface area contributed by atoms with E-state index in [2.05, 4.69) is 20.2 Å². The summed E-state index contributed by atoms with van der Waals surface area (Å²) in [5.74, 6) is -1.01. The second kappa shape index (κ2) is 8.38. The minimum absolute atomic E-state index is 0.160. The number of carboxylic acid groups (broad SMARTS) is 1. The lowest BCUT2D eigenvalue weighted by Crippen LogP contribution is -2.48. The lowest BCUT2D eigenvalue weighted by atomic mass is 10.0. The summed E-state index contributed by atoms with van der Waals surface area (Å²) in [6.07, 6.45) is 4.93. The lowest BCUT2D eigenvalue weighted by molar-refractivity contribution is -0.130. The number of aromatic nitrogens is 2. The first kappa shape index (κ1) is 19.7. The van der Waals surface area contributed by atoms with Gasteiger partial charge in [0.25, 0.3) is 0 Å². The molecule has 1 aliphatic heterocycles. The Bertz CT molecular complexity index is 1100. The Balaban J connectivity index is 1.61. The summed E-state index contributed by atoms with van der Waals surface area (Å²) in [5, 5.41) is 13.3. The van der Waals surface area contributed by atoms with Crippen LogP contribution in [0.3, 0.4) is 0 Å². The van der Waals surface area contributed by atoms with Gasteiger partial charge >= 0.3 is 12.0 Å². The molecule has 3 aromatic rings. The summed E-state index contributed by atoms with van der Waals surface area (Å²) in [4.78, 5) is 35.7. The van der Waals surface area contributed by atoms with Gasteiger partial charge in [-0.3, -0.25) is 0 Å². The number of rotatable bonds is 4. The van der Waals surface area contributed by atoms with E-state index in [1.807, 2.05) is 19.2 Å². The van der Waals surface area contributed by atoms with E-state index in [9.17, 15) is 14.7 Å². The van der Waals surface area contributed by atoms with Crippen LogP contribution in [0.15, 0.2) is 48.8 Å². The zero-order valence-corrected chi connectivity index (χ0v) is 16.6. The van der Waals surface area contributed by atoms with Crippen LogP contribution in [-0.2, 0) is 4.79 Å². The van der Waals surface area contributed by atoms with E-state index in [1.165, 1.54) is 0 Å². The number of urea groups is 1. The fraction of sp³-hybridized carbons (Fsp3) is 0.227. The molecule has 1 saturated heterocycles. The Morgan fingerprint density at radius 1 is 1.17 bits per heavy atom. The maximum Gasteiger partial charge on any atom is 0.336 e. The molecule has 1 aromatic carbocycles. The molecule has 0 radical (unpaired) electrons. The maximum absolute atomic E-state index is 12.6. The normalized spacial score (nSPS) is 15.4. The molecule has 0 atom stereocenters. The molecule has 2 aromatic heterocycles. The number of carbonyl (C=O) groups is 2. The molecule has 1 fully saturated rings. The molecule has 1 aliphatic rings. The van der Waals surface area contributed by atoms with E-state index in [0.29, 0.717) is 35.6 Å². The number of hydrogen-bond donors (Lipinski definition) is 3. The van der Waals surface area contributed by atoms with Crippen LogP contribution in [0.1, 0.15) is 11.1 Å². The van der Waals surface area contributed by atoms with E-state index in [4.69, 9.17) is 0 Å². The number of nitrogens with zero attached hydrogens (tertiary/aromatic N) is 3. The molecule has 3 heterocycles. The molecule has 30 heavy (non-hydrogen) atoms. The van der Waals surface area contributed by atoms with E-state index in [0.717, 1.165) is 18.5 Å². The molecule has 4 rings (SSSR count). The second-order valence-corrected chi connectivity index (χ2v) is 7.31. The highest BCUT2D eigenvalue weighted by Gasteiger charge is 2.19. The number of benzene rings is 1. The van der Waals surface area contributed by atoms with Crippen molar-refractivity contribution in [2.75, 3.05) is 38.5 Å². The fourth-order valence-electron chi connectivity index (χ4n) is 3.47. The smallest absolute Gasteiger partial charge is 0.336 e. The predicted octanol–water partition coefficient (Wildman–Crippen LogP) is 2.97. The van der Waals surface area contributed by atoms with Crippen LogP contribution in [-0.4, -0.2) is 70.1 Å². The number of likely N-dealkylation sites (N-methyl/N-ethyl adjacent to an activating group) is 1. The van der Waals surface area contributed by atoms with Gasteiger partial charge in [0.2, 0.25) is 0 Å². The summed E-state index contributed by atoms with van der Waals surface area (Å²) in [5.41, 5.74) is 2.68. The largest absolute Gasteiger partial charge is 0.478 e. The van der Waals surface area contributed by atoms with Crippen LogP contribution in [0, 0.1) is 0 Å². The Morgan fingerprint density at radius 3 is 2.60 bits per heavy atom. The number of carbonyl (C=O) groups excluding carboxylic acids is 1. The van der Waals surface area contributed by atoms with Crippen LogP contribution in [0.4, 0.5) is 10.5 Å². The van der Waals surface area contributed by atoms with Crippen molar-refractivity contribution in [2.45, 2.75) is 0 Å². The predicted molar refractivity (Wildman–Crippen MR) is 116 cm³/mol. The van der Waals surface area contributed by atoms with Gasteiger partial charge in [-0.2, -0.15) is 0 Å². The summed E-state index contributed by atoms with van der Waals surface area (Å²) >= 11 is 0. The fourth-order valence-corrected chi connectivity index (χ4v) is 3.47. The number of fused-ring (bicyclic) bond motifs is 1. The van der Waals surface area contributed by atoms with Crippen molar-refractivity contribution in [3.63, 3.8) is 0 Å². The van der Waals surface area contributed by atoms with Gasteiger partial charge in [0, 0.05) is 43.3 Å². The first-order valence-electron chi connectivity index (χ1n) is 9.73. The molecule has 0 aliphatic carbocycles. The Labute approximate surface area is 173 Å². The van der Waals surface area contributed by atoms with Crippen molar-refractivity contribution in [2.24, 2.45) is 0 Å². The summed E-state index contributed by atoms with van der Waals surface area (Å²) in [6, 6.07) is 10.6. The molecule has 3 N–H and O–H groups in total. The van der Waals surface area contributed by atoms with Crippen LogP contribution in [0.25, 0.3) is 22.7 Å². The number of anilines is 1. The highest BCUT2D eigenvalue weighted by molar-refractivity contribution is 6.21. The number of H-pyrrole nitrogens is 1. The highest BCUT2D eigenvalue weighted by Crippen LogP contribution is 2.25. The lowest BCUT2D eigenvalue weighted by Gasteiger charge is -2.32. The van der Waals surface area contributed by atoms with E-state index in [-0.39, 0.29) is 11.6 Å². The number of hydrogen-bond acceptors (Lipinski definition) is 4. The topological polar surface area (TPSA) is 102 Å². The van der Waals surface area contributed by atoms with Crippen molar-refractivity contribution in [1.82, 2.24) is 19.8 Å². The van der Waals surface area contributed by atoms with Crippen molar-refractivity contribution >= 4 is 40.4 Å². The summed E-state index contributed by atoms with van der Waals surface area (Å²) < 4.78 is 0. The third-order valence-corrected chi connectivity index (χ3v) is 5.22. The Morgan fingerprint density at radius 2 is 1.90 bits per heavy atom. The minimum atomic E-state index is -1.01. The molecule has 154 valence electrons. The van der Waals surface area contributed by atoms with Gasteiger partial charge in [-0.05, 0) is 24.8 Å². The van der Waals surface area contributed by atoms with Crippen molar-refractivity contribution in [1.29, 1.82) is 0 Å². The number of aliphatic carboxylic acids is 1. The van der Waals surface area contributed by atoms with Crippen LogP contribution in [0.5, 0.6) is 0 Å². The van der Waals surface area contributed by atoms with Crippen molar-refractivity contribution < 1.29 is 14.7 Å². The number of pyridine rings is 1. The number of carboxylic acids is 1. The van der Waals surface area contributed by atoms with Gasteiger partial charge in [-0.15, -0.1) is 0 Å². The molecule has 0 unspecified atom stereocenters. The number of aromatic amines is 1. The first-order valence-corrected chi connectivity index (χ1v) is 9.73. The Kier molecular flexibility index (Phi) is 5.49. The average molecular weight is 405 g/mol. The summed E-state index contributed by atoms with van der Waals surface area (Å²) in [7, 11) is 2.04. The molecule has 8 heteroatoms. The molecular weight excluding hydrogens is 382 g/mol. The SMILES string of the molecule is CN1CCN(C(=O)Nc2cnc3[nH]cc(/C=C(/C(=O)O)c4ccccc4)c3c2)CC1. The quantitative estimate of drug-likeness (QED) is 0.579. The minimum Gasteiger partial charge on any atom is -0.478 e. The third kappa shape index (κ3) is 4.18. The van der Waals surface area contributed by atoms with Crippen LogP contribution < -0.4 is 5.32 Å². The number of nitrogens with one attached hydrogen (secondary N) is 2. The van der Waals surface area contributed by atoms with Crippen molar-refractivity contribution in [3.05, 3.63) is 59.9 Å². The van der Waals surface area contributed by atoms with Crippen molar-refractivity contribution in [3.8, 4) is 0 Å². The van der Waals surface area contributed by atoms with E-state index in [1.54, 1.807) is 47.6 Å². The van der Waals surface area contributed by atoms with Gasteiger partial charge in [0.1, 0.15) is 5.65 Å². The van der Waals surface area contributed by atoms with Crippen LogP contribution in [0.2, 0.25) is 0 Å². The molecule has 0 spiro atoms. The van der Waals surface area contributed by atoms with Crippen LogP contribution >= 0.6 is 0 Å². The zero-order chi connectivity index (χ0) is 21.1. The number of amides is 2. The molecule has 2 amide bonds. The summed E-state index contributed by atoms with van der Waals surface area (Å²) in [6.45, 7) is 3.04. The molecular formula is C22H23N5O3. The first-order chi connectivity index (χ1) is 14.5.